The third-order valence-electron chi connectivity index (χ3n) is 3.81. The molecule has 118 valence electrons. The Labute approximate surface area is 127 Å². The van der Waals surface area contributed by atoms with E-state index in [0.717, 1.165) is 24.2 Å². The van der Waals surface area contributed by atoms with Crippen LogP contribution in [0.2, 0.25) is 0 Å². The molecule has 0 saturated carbocycles. The molecule has 0 atom stereocenters. The molecule has 0 unspecified atom stereocenters. The van der Waals surface area contributed by atoms with Gasteiger partial charge in [-0.2, -0.15) is 0 Å². The smallest absolute Gasteiger partial charge is 0.223 e. The average molecular weight is 293 g/mol. The van der Waals surface area contributed by atoms with E-state index in [4.69, 9.17) is 9.84 Å². The zero-order chi connectivity index (χ0) is 15.7. The van der Waals surface area contributed by atoms with E-state index in [9.17, 15) is 4.79 Å². The van der Waals surface area contributed by atoms with Gasteiger partial charge in [0.15, 0.2) is 0 Å². The Bertz CT molecular complexity index is 430. The lowest BCUT2D eigenvalue weighted by molar-refractivity contribution is -0.134. The maximum Gasteiger partial charge on any atom is 0.223 e. The maximum absolute atomic E-state index is 12.4. The van der Waals surface area contributed by atoms with Crippen molar-refractivity contribution in [2.75, 3.05) is 20.3 Å². The zero-order valence-electron chi connectivity index (χ0n) is 13.3. The van der Waals surface area contributed by atoms with E-state index in [1.807, 2.05) is 29.2 Å². The minimum absolute atomic E-state index is 0.0153. The van der Waals surface area contributed by atoms with Crippen LogP contribution in [0.5, 0.6) is 5.75 Å². The molecule has 0 bridgehead atoms. The van der Waals surface area contributed by atoms with Gasteiger partial charge in [0, 0.05) is 19.0 Å². The number of nitrogens with zero attached hydrogens (tertiary/aromatic N) is 1. The van der Waals surface area contributed by atoms with Crippen LogP contribution >= 0.6 is 0 Å². The van der Waals surface area contributed by atoms with Crippen molar-refractivity contribution in [3.8, 4) is 5.75 Å². The number of hydrogen-bond donors (Lipinski definition) is 1. The molecule has 0 fully saturated rings. The molecule has 1 rings (SSSR count). The Morgan fingerprint density at radius 1 is 1.33 bits per heavy atom. The average Bonchev–Trinajstić information content (AvgIpc) is 2.53. The molecule has 0 aromatic heterocycles. The van der Waals surface area contributed by atoms with E-state index in [2.05, 4.69) is 13.8 Å². The van der Waals surface area contributed by atoms with E-state index in [0.29, 0.717) is 19.4 Å². The number of methoxy groups -OCH3 is 1. The van der Waals surface area contributed by atoms with E-state index in [1.165, 1.54) is 0 Å². The molecular weight excluding hydrogens is 266 g/mol. The molecule has 1 amide bonds. The number of carbonyl (C=O) groups excluding carboxylic acids is 1. The van der Waals surface area contributed by atoms with Gasteiger partial charge >= 0.3 is 0 Å². The van der Waals surface area contributed by atoms with Crippen LogP contribution in [0.4, 0.5) is 0 Å². The number of aryl methyl sites for hydroxylation is 1. The summed E-state index contributed by atoms with van der Waals surface area (Å²) in [6, 6.07) is 8.01. The fourth-order valence-electron chi connectivity index (χ4n) is 2.57. The van der Waals surface area contributed by atoms with Gasteiger partial charge in [0.1, 0.15) is 5.75 Å². The first kappa shape index (κ1) is 17.5. The summed E-state index contributed by atoms with van der Waals surface area (Å²) < 4.78 is 5.19. The van der Waals surface area contributed by atoms with Gasteiger partial charge in [-0.1, -0.05) is 26.0 Å². The van der Waals surface area contributed by atoms with Crippen molar-refractivity contribution in [3.05, 3.63) is 29.8 Å². The van der Waals surface area contributed by atoms with Crippen LogP contribution in [0.15, 0.2) is 24.3 Å². The lowest BCUT2D eigenvalue weighted by Gasteiger charge is -2.30. The predicted octanol–water partition coefficient (Wildman–Crippen LogP) is 2.64. The van der Waals surface area contributed by atoms with Crippen LogP contribution in [0.3, 0.4) is 0 Å². The van der Waals surface area contributed by atoms with E-state index >= 15 is 0 Å². The number of benzene rings is 1. The van der Waals surface area contributed by atoms with Crippen LogP contribution < -0.4 is 4.74 Å². The third-order valence-corrected chi connectivity index (χ3v) is 3.81. The molecule has 21 heavy (non-hydrogen) atoms. The first-order valence-corrected chi connectivity index (χ1v) is 7.69. The maximum atomic E-state index is 12.4. The van der Waals surface area contributed by atoms with Crippen LogP contribution in [0, 0.1) is 0 Å². The fraction of sp³-hybridized carbons (Fsp3) is 0.588. The molecule has 0 spiro atoms. The molecule has 1 aromatic carbocycles. The SMILES string of the molecule is CCC(CC)N(CCO)C(=O)CCc1cccc(OC)c1. The quantitative estimate of drug-likeness (QED) is 0.761. The molecule has 0 saturated heterocycles. The van der Waals surface area contributed by atoms with Crippen molar-refractivity contribution in [3.63, 3.8) is 0 Å². The van der Waals surface area contributed by atoms with Crippen molar-refractivity contribution in [2.24, 2.45) is 0 Å². The number of aliphatic hydroxyl groups excluding tert-OH is 1. The summed E-state index contributed by atoms with van der Waals surface area (Å²) in [7, 11) is 1.64. The summed E-state index contributed by atoms with van der Waals surface area (Å²) in [5, 5.41) is 9.17. The summed E-state index contributed by atoms with van der Waals surface area (Å²) in [5.41, 5.74) is 1.09. The molecule has 1 N–H and O–H groups in total. The Balaban J connectivity index is 2.64. The van der Waals surface area contributed by atoms with Gasteiger partial charge in [0.05, 0.1) is 13.7 Å². The minimum atomic E-state index is 0.0153. The summed E-state index contributed by atoms with van der Waals surface area (Å²) in [6.07, 6.45) is 2.99. The van der Waals surface area contributed by atoms with Gasteiger partial charge in [-0.15, -0.1) is 0 Å². The fourth-order valence-corrected chi connectivity index (χ4v) is 2.57. The number of hydrogen-bond acceptors (Lipinski definition) is 3. The molecular formula is C17H27NO3. The standard InChI is InChI=1S/C17H27NO3/c1-4-15(5-2)18(11-12-19)17(20)10-9-14-7-6-8-16(13-14)21-3/h6-8,13,15,19H,4-5,9-12H2,1-3H3. The van der Waals surface area contributed by atoms with Crippen molar-refractivity contribution < 1.29 is 14.6 Å². The molecule has 0 aliphatic heterocycles. The lowest BCUT2D eigenvalue weighted by atomic mass is 10.1. The van der Waals surface area contributed by atoms with Gasteiger partial charge in [-0.05, 0) is 37.0 Å². The van der Waals surface area contributed by atoms with Crippen LogP contribution in [-0.2, 0) is 11.2 Å². The summed E-state index contributed by atoms with van der Waals surface area (Å²) in [6.45, 7) is 4.59. The molecule has 1 aromatic rings. The minimum Gasteiger partial charge on any atom is -0.497 e. The highest BCUT2D eigenvalue weighted by Crippen LogP contribution is 2.16. The topological polar surface area (TPSA) is 49.8 Å². The van der Waals surface area contributed by atoms with Crippen molar-refractivity contribution in [2.45, 2.75) is 45.6 Å². The molecule has 0 radical (unpaired) electrons. The number of carbonyl (C=O) groups is 1. The largest absolute Gasteiger partial charge is 0.497 e. The molecule has 4 heteroatoms. The summed E-state index contributed by atoms with van der Waals surface area (Å²) in [5.74, 6) is 0.924. The predicted molar refractivity (Wildman–Crippen MR) is 84.5 cm³/mol. The highest BCUT2D eigenvalue weighted by Gasteiger charge is 2.20. The van der Waals surface area contributed by atoms with Crippen LogP contribution in [-0.4, -0.2) is 42.2 Å². The van der Waals surface area contributed by atoms with Crippen molar-refractivity contribution >= 4 is 5.91 Å². The first-order chi connectivity index (χ1) is 10.2. The van der Waals surface area contributed by atoms with Crippen molar-refractivity contribution in [1.29, 1.82) is 0 Å². The lowest BCUT2D eigenvalue weighted by Crippen LogP contribution is -2.41. The summed E-state index contributed by atoms with van der Waals surface area (Å²) >= 11 is 0. The first-order valence-electron chi connectivity index (χ1n) is 7.69. The Morgan fingerprint density at radius 3 is 2.62 bits per heavy atom. The second kappa shape index (κ2) is 9.40. The number of ether oxygens (including phenoxy) is 1. The van der Waals surface area contributed by atoms with Gasteiger partial charge in [-0.3, -0.25) is 4.79 Å². The summed E-state index contributed by atoms with van der Waals surface area (Å²) in [4.78, 5) is 14.2. The molecule has 0 heterocycles. The zero-order valence-corrected chi connectivity index (χ0v) is 13.3. The normalized spacial score (nSPS) is 10.7. The monoisotopic (exact) mass is 293 g/mol. The van der Waals surface area contributed by atoms with Crippen LogP contribution in [0.1, 0.15) is 38.7 Å². The Kier molecular flexibility index (Phi) is 7.83. The van der Waals surface area contributed by atoms with Crippen LogP contribution in [0.25, 0.3) is 0 Å². The van der Waals surface area contributed by atoms with Gasteiger partial charge < -0.3 is 14.7 Å². The number of amides is 1. The second-order valence-electron chi connectivity index (χ2n) is 5.13. The molecule has 0 aliphatic rings. The van der Waals surface area contributed by atoms with Crippen molar-refractivity contribution in [1.82, 2.24) is 4.90 Å². The van der Waals surface area contributed by atoms with Gasteiger partial charge in [0.25, 0.3) is 0 Å². The highest BCUT2D eigenvalue weighted by molar-refractivity contribution is 5.76. The highest BCUT2D eigenvalue weighted by atomic mass is 16.5. The Morgan fingerprint density at radius 2 is 2.05 bits per heavy atom. The molecule has 4 nitrogen and oxygen atoms in total. The van der Waals surface area contributed by atoms with E-state index in [-0.39, 0.29) is 18.6 Å². The molecule has 0 aliphatic carbocycles. The number of rotatable bonds is 9. The second-order valence-corrected chi connectivity index (χ2v) is 5.13. The van der Waals surface area contributed by atoms with E-state index < -0.39 is 0 Å². The third kappa shape index (κ3) is 5.38. The van der Waals surface area contributed by atoms with Gasteiger partial charge in [-0.25, -0.2) is 0 Å². The van der Waals surface area contributed by atoms with Gasteiger partial charge in [0.2, 0.25) is 5.91 Å². The van der Waals surface area contributed by atoms with E-state index in [1.54, 1.807) is 7.11 Å². The number of aliphatic hydroxyl groups is 1. The Hall–Kier alpha value is -1.55.